The molecule has 1 aromatic carbocycles. The van der Waals surface area contributed by atoms with Gasteiger partial charge in [-0.3, -0.25) is 4.79 Å². The lowest BCUT2D eigenvalue weighted by molar-refractivity contribution is -0.0500. The number of carbonyl (C=O) groups is 1. The van der Waals surface area contributed by atoms with Crippen LogP contribution < -0.4 is 10.5 Å². The molecule has 0 atom stereocenters. The molecule has 2 N–H and O–H groups in total. The molecule has 0 spiro atoms. The molecule has 6 heteroatoms. The molecule has 0 aliphatic heterocycles. The smallest absolute Gasteiger partial charge is 0.387 e. The fourth-order valence-electron chi connectivity index (χ4n) is 0.876. The summed E-state index contributed by atoms with van der Waals surface area (Å²) in [6.07, 6.45) is 0. The molecule has 0 heterocycles. The molecule has 0 aromatic heterocycles. The Labute approximate surface area is 77.3 Å². The molecule has 14 heavy (non-hydrogen) atoms. The number of halogens is 3. The van der Waals surface area contributed by atoms with Crippen molar-refractivity contribution in [3.05, 3.63) is 29.6 Å². The maximum absolute atomic E-state index is 12.7. The minimum absolute atomic E-state index is 0.222. The van der Waals surface area contributed by atoms with Gasteiger partial charge in [-0.25, -0.2) is 4.39 Å². The monoisotopic (exact) mass is 205 g/mol. The van der Waals surface area contributed by atoms with Crippen LogP contribution in [0.3, 0.4) is 0 Å². The van der Waals surface area contributed by atoms with Crippen molar-refractivity contribution >= 4 is 5.91 Å². The van der Waals surface area contributed by atoms with E-state index in [1.165, 1.54) is 0 Å². The van der Waals surface area contributed by atoms with Crippen molar-refractivity contribution in [3.8, 4) is 5.75 Å². The molecule has 0 aliphatic carbocycles. The Balaban J connectivity index is 3.01. The Morgan fingerprint density at radius 1 is 1.36 bits per heavy atom. The average molecular weight is 205 g/mol. The van der Waals surface area contributed by atoms with E-state index in [9.17, 15) is 18.0 Å². The summed E-state index contributed by atoms with van der Waals surface area (Å²) >= 11 is 0. The third-order valence-corrected chi connectivity index (χ3v) is 1.38. The molecule has 76 valence electrons. The molecule has 3 nitrogen and oxygen atoms in total. The highest BCUT2D eigenvalue weighted by atomic mass is 19.3. The third-order valence-electron chi connectivity index (χ3n) is 1.38. The molecule has 0 saturated carbocycles. The van der Waals surface area contributed by atoms with Crippen molar-refractivity contribution < 1.29 is 22.7 Å². The van der Waals surface area contributed by atoms with Crippen LogP contribution in [0.4, 0.5) is 13.2 Å². The van der Waals surface area contributed by atoms with Gasteiger partial charge in [-0.05, 0) is 12.1 Å². The van der Waals surface area contributed by atoms with Gasteiger partial charge in [0.25, 0.3) is 0 Å². The van der Waals surface area contributed by atoms with Crippen LogP contribution in [0.25, 0.3) is 0 Å². The van der Waals surface area contributed by atoms with E-state index in [1.807, 2.05) is 0 Å². The lowest BCUT2D eigenvalue weighted by Crippen LogP contribution is -2.12. The molecule has 0 fully saturated rings. The zero-order chi connectivity index (χ0) is 10.7. The van der Waals surface area contributed by atoms with Gasteiger partial charge in [0.2, 0.25) is 5.91 Å². The Morgan fingerprint density at radius 2 is 2.00 bits per heavy atom. The predicted molar refractivity (Wildman–Crippen MR) is 41.5 cm³/mol. The summed E-state index contributed by atoms with van der Waals surface area (Å²) in [5.74, 6) is -2.21. The molecule has 0 saturated heterocycles. The highest BCUT2D eigenvalue weighted by molar-refractivity contribution is 5.93. The van der Waals surface area contributed by atoms with Crippen LogP contribution in [0, 0.1) is 5.82 Å². The highest BCUT2D eigenvalue weighted by Gasteiger charge is 2.09. The summed E-state index contributed by atoms with van der Waals surface area (Å²) in [5.41, 5.74) is 4.61. The van der Waals surface area contributed by atoms with Gasteiger partial charge < -0.3 is 10.5 Å². The summed E-state index contributed by atoms with van der Waals surface area (Å²) in [6, 6.07) is 2.51. The van der Waals surface area contributed by atoms with Crippen LogP contribution in [-0.2, 0) is 0 Å². The van der Waals surface area contributed by atoms with Crippen molar-refractivity contribution in [2.45, 2.75) is 6.61 Å². The second-order valence-corrected chi connectivity index (χ2v) is 2.42. The van der Waals surface area contributed by atoms with Gasteiger partial charge in [-0.2, -0.15) is 8.78 Å². The summed E-state index contributed by atoms with van der Waals surface area (Å²) in [4.78, 5) is 10.6. The first kappa shape index (κ1) is 10.4. The summed E-state index contributed by atoms with van der Waals surface area (Å²) in [5, 5.41) is 0. The summed E-state index contributed by atoms with van der Waals surface area (Å²) in [6.45, 7) is -3.07. The first-order valence-corrected chi connectivity index (χ1v) is 3.54. The molecular formula is C8H6F3NO2. The van der Waals surface area contributed by atoms with Crippen molar-refractivity contribution in [1.29, 1.82) is 0 Å². The fraction of sp³-hybridized carbons (Fsp3) is 0.125. The van der Waals surface area contributed by atoms with Gasteiger partial charge in [0.05, 0.1) is 0 Å². The number of benzene rings is 1. The van der Waals surface area contributed by atoms with Gasteiger partial charge in [0.15, 0.2) is 0 Å². The molecule has 1 rings (SSSR count). The standard InChI is InChI=1S/C8H6F3NO2/c9-5-1-4(7(12)13)2-6(3-5)14-8(10)11/h1-3,8H,(H2,12,13). The van der Waals surface area contributed by atoms with Crippen molar-refractivity contribution in [1.82, 2.24) is 0 Å². The van der Waals surface area contributed by atoms with Crippen molar-refractivity contribution in [2.24, 2.45) is 5.73 Å². The van der Waals surface area contributed by atoms with Gasteiger partial charge >= 0.3 is 6.61 Å². The van der Waals surface area contributed by atoms with Crippen LogP contribution in [0.5, 0.6) is 5.75 Å². The Bertz CT molecular complexity index is 354. The van der Waals surface area contributed by atoms with Crippen molar-refractivity contribution in [3.63, 3.8) is 0 Å². The number of rotatable bonds is 3. The van der Waals surface area contributed by atoms with Crippen LogP contribution >= 0.6 is 0 Å². The van der Waals surface area contributed by atoms with E-state index in [-0.39, 0.29) is 5.56 Å². The van der Waals surface area contributed by atoms with E-state index in [1.54, 1.807) is 0 Å². The topological polar surface area (TPSA) is 52.3 Å². The van der Waals surface area contributed by atoms with Crippen LogP contribution in [0.15, 0.2) is 18.2 Å². The predicted octanol–water partition coefficient (Wildman–Crippen LogP) is 1.53. The number of ether oxygens (including phenoxy) is 1. The van der Waals surface area contributed by atoms with Crippen LogP contribution in [0.1, 0.15) is 10.4 Å². The molecule has 0 radical (unpaired) electrons. The fourth-order valence-corrected chi connectivity index (χ4v) is 0.876. The Morgan fingerprint density at radius 3 is 2.50 bits per heavy atom. The first-order chi connectivity index (χ1) is 6.49. The second kappa shape index (κ2) is 3.99. The third kappa shape index (κ3) is 2.65. The lowest BCUT2D eigenvalue weighted by atomic mass is 10.2. The van der Waals surface area contributed by atoms with Gasteiger partial charge in [-0.15, -0.1) is 0 Å². The Kier molecular flexibility index (Phi) is 2.95. The number of hydrogen-bond donors (Lipinski definition) is 1. The largest absolute Gasteiger partial charge is 0.435 e. The van der Waals surface area contributed by atoms with Gasteiger partial charge in [0.1, 0.15) is 11.6 Å². The second-order valence-electron chi connectivity index (χ2n) is 2.42. The zero-order valence-electron chi connectivity index (χ0n) is 6.84. The normalized spacial score (nSPS) is 10.3. The summed E-state index contributed by atoms with van der Waals surface area (Å²) in [7, 11) is 0. The number of amides is 1. The van der Waals surface area contributed by atoms with Crippen LogP contribution in [0.2, 0.25) is 0 Å². The van der Waals surface area contributed by atoms with Crippen molar-refractivity contribution in [2.75, 3.05) is 0 Å². The average Bonchev–Trinajstić information content (AvgIpc) is 2.01. The molecule has 0 bridgehead atoms. The summed E-state index contributed by atoms with van der Waals surface area (Å²) < 4.78 is 40.1. The Hall–Kier alpha value is -1.72. The quantitative estimate of drug-likeness (QED) is 0.813. The maximum atomic E-state index is 12.7. The van der Waals surface area contributed by atoms with E-state index in [2.05, 4.69) is 4.74 Å². The molecule has 1 amide bonds. The van der Waals surface area contributed by atoms with E-state index in [0.717, 1.165) is 18.2 Å². The minimum Gasteiger partial charge on any atom is -0.435 e. The number of hydrogen-bond acceptors (Lipinski definition) is 2. The number of carbonyl (C=O) groups excluding carboxylic acids is 1. The first-order valence-electron chi connectivity index (χ1n) is 3.54. The molecule has 1 aromatic rings. The number of primary amides is 1. The zero-order valence-corrected chi connectivity index (χ0v) is 6.84. The molecular weight excluding hydrogens is 199 g/mol. The molecule has 0 unspecified atom stereocenters. The maximum Gasteiger partial charge on any atom is 0.387 e. The van der Waals surface area contributed by atoms with E-state index >= 15 is 0 Å². The lowest BCUT2D eigenvalue weighted by Gasteiger charge is -2.05. The highest BCUT2D eigenvalue weighted by Crippen LogP contribution is 2.18. The van der Waals surface area contributed by atoms with Crippen LogP contribution in [-0.4, -0.2) is 12.5 Å². The number of alkyl halides is 2. The SMILES string of the molecule is NC(=O)c1cc(F)cc(OC(F)F)c1. The molecule has 0 aliphatic rings. The van der Waals surface area contributed by atoms with Gasteiger partial charge in [-0.1, -0.05) is 0 Å². The van der Waals surface area contributed by atoms with Gasteiger partial charge in [0, 0.05) is 11.6 Å². The minimum atomic E-state index is -3.07. The van der Waals surface area contributed by atoms with E-state index in [4.69, 9.17) is 5.73 Å². The number of nitrogens with two attached hydrogens (primary N) is 1. The van der Waals surface area contributed by atoms with E-state index < -0.39 is 24.1 Å². The van der Waals surface area contributed by atoms with E-state index in [0.29, 0.717) is 0 Å².